The molecule has 0 spiro atoms. The van der Waals surface area contributed by atoms with Gasteiger partial charge in [-0.05, 0) is 32.6 Å². The highest BCUT2D eigenvalue weighted by Gasteiger charge is 2.28. The number of hydrogen-bond acceptors (Lipinski definition) is 4. The summed E-state index contributed by atoms with van der Waals surface area (Å²) >= 11 is 6.13. The lowest BCUT2D eigenvalue weighted by Gasteiger charge is -2.25. The van der Waals surface area contributed by atoms with Gasteiger partial charge in [-0.3, -0.25) is 0 Å². The molecule has 0 bridgehead atoms. The molecule has 2 heterocycles. The van der Waals surface area contributed by atoms with Crippen molar-refractivity contribution in [3.05, 3.63) is 17.0 Å². The molecule has 0 aromatic carbocycles. The minimum atomic E-state index is 0.332. The molecular weight excluding hydrogens is 262 g/mol. The van der Waals surface area contributed by atoms with Crippen molar-refractivity contribution < 1.29 is 4.74 Å². The highest BCUT2D eigenvalue weighted by molar-refractivity contribution is 6.29. The summed E-state index contributed by atoms with van der Waals surface area (Å²) in [6.07, 6.45) is 5.03. The molecular formula is C14H20ClN3O. The number of halogens is 1. The van der Waals surface area contributed by atoms with Gasteiger partial charge in [0.25, 0.3) is 0 Å². The summed E-state index contributed by atoms with van der Waals surface area (Å²) in [4.78, 5) is 11.3. The molecule has 5 heteroatoms. The van der Waals surface area contributed by atoms with E-state index in [1.165, 1.54) is 19.3 Å². The molecule has 2 aliphatic rings. The van der Waals surface area contributed by atoms with Crippen molar-refractivity contribution >= 4 is 17.4 Å². The van der Waals surface area contributed by atoms with E-state index < -0.39 is 0 Å². The SMILES string of the molecule is CCN(CC1CCCO1)c1cc(Cl)nc(C2CC2)n1. The van der Waals surface area contributed by atoms with Crippen molar-refractivity contribution in [3.8, 4) is 0 Å². The quantitative estimate of drug-likeness (QED) is 0.778. The minimum absolute atomic E-state index is 0.332. The van der Waals surface area contributed by atoms with Gasteiger partial charge in [0.1, 0.15) is 16.8 Å². The summed E-state index contributed by atoms with van der Waals surface area (Å²) in [7, 11) is 0. The number of likely N-dealkylation sites (N-methyl/N-ethyl adjacent to an activating group) is 1. The van der Waals surface area contributed by atoms with E-state index in [9.17, 15) is 0 Å². The fourth-order valence-electron chi connectivity index (χ4n) is 2.53. The molecule has 19 heavy (non-hydrogen) atoms. The van der Waals surface area contributed by atoms with E-state index in [1.54, 1.807) is 0 Å². The Kier molecular flexibility index (Phi) is 3.89. The Morgan fingerprint density at radius 2 is 2.21 bits per heavy atom. The molecule has 1 aliphatic heterocycles. The summed E-state index contributed by atoms with van der Waals surface area (Å²) in [6, 6.07) is 1.87. The third-order valence-corrected chi connectivity index (χ3v) is 3.99. The summed E-state index contributed by atoms with van der Waals surface area (Å²) in [5.41, 5.74) is 0. The van der Waals surface area contributed by atoms with Crippen LogP contribution in [0, 0.1) is 0 Å². The van der Waals surface area contributed by atoms with Gasteiger partial charge in [0.2, 0.25) is 0 Å². The van der Waals surface area contributed by atoms with Crippen LogP contribution in [0.3, 0.4) is 0 Å². The second-order valence-electron chi connectivity index (χ2n) is 5.36. The number of rotatable bonds is 5. The van der Waals surface area contributed by atoms with E-state index in [0.29, 0.717) is 17.2 Å². The zero-order valence-corrected chi connectivity index (χ0v) is 12.1. The average molecular weight is 282 g/mol. The Morgan fingerprint density at radius 1 is 1.37 bits per heavy atom. The Labute approximate surface area is 119 Å². The van der Waals surface area contributed by atoms with Crippen LogP contribution in [0.25, 0.3) is 0 Å². The summed E-state index contributed by atoms with van der Waals surface area (Å²) < 4.78 is 5.71. The molecule has 2 fully saturated rings. The first-order valence-corrected chi connectivity index (χ1v) is 7.55. The van der Waals surface area contributed by atoms with Crippen LogP contribution in [0.4, 0.5) is 5.82 Å². The fourth-order valence-corrected chi connectivity index (χ4v) is 2.71. The van der Waals surface area contributed by atoms with Gasteiger partial charge in [0.05, 0.1) is 6.10 Å². The minimum Gasteiger partial charge on any atom is -0.376 e. The van der Waals surface area contributed by atoms with E-state index in [1.807, 2.05) is 6.07 Å². The van der Waals surface area contributed by atoms with Crippen LogP contribution in [0.15, 0.2) is 6.07 Å². The molecule has 1 unspecified atom stereocenters. The maximum Gasteiger partial charge on any atom is 0.135 e. The van der Waals surface area contributed by atoms with Crippen molar-refractivity contribution in [2.24, 2.45) is 0 Å². The topological polar surface area (TPSA) is 38.2 Å². The third-order valence-electron chi connectivity index (χ3n) is 3.79. The van der Waals surface area contributed by atoms with Gasteiger partial charge in [0.15, 0.2) is 0 Å². The van der Waals surface area contributed by atoms with Crippen LogP contribution in [0.5, 0.6) is 0 Å². The molecule has 0 radical (unpaired) electrons. The first kappa shape index (κ1) is 13.1. The molecule has 3 rings (SSSR count). The molecule has 1 atom stereocenters. The lowest BCUT2D eigenvalue weighted by Crippen LogP contribution is -2.32. The van der Waals surface area contributed by atoms with Gasteiger partial charge in [-0.15, -0.1) is 0 Å². The maximum atomic E-state index is 6.13. The Hall–Kier alpha value is -0.870. The van der Waals surface area contributed by atoms with Crippen LogP contribution in [0.2, 0.25) is 5.15 Å². The van der Waals surface area contributed by atoms with Gasteiger partial charge >= 0.3 is 0 Å². The van der Waals surface area contributed by atoms with E-state index in [0.717, 1.165) is 37.8 Å². The third kappa shape index (κ3) is 3.18. The fraction of sp³-hybridized carbons (Fsp3) is 0.714. The van der Waals surface area contributed by atoms with E-state index in [-0.39, 0.29) is 0 Å². The standard InChI is InChI=1S/C14H20ClN3O/c1-2-18(9-11-4-3-7-19-11)13-8-12(15)16-14(17-13)10-5-6-10/h8,10-11H,2-7,9H2,1H3. The lowest BCUT2D eigenvalue weighted by atomic mass is 10.2. The second-order valence-corrected chi connectivity index (χ2v) is 5.74. The lowest BCUT2D eigenvalue weighted by molar-refractivity contribution is 0.115. The zero-order valence-electron chi connectivity index (χ0n) is 11.3. The molecule has 1 aromatic rings. The van der Waals surface area contributed by atoms with Crippen LogP contribution in [-0.2, 0) is 4.74 Å². The maximum absolute atomic E-state index is 6.13. The predicted octanol–water partition coefficient (Wildman–Crippen LogP) is 3.01. The van der Waals surface area contributed by atoms with Gasteiger partial charge in [-0.25, -0.2) is 9.97 Å². The summed E-state index contributed by atoms with van der Waals surface area (Å²) in [6.45, 7) is 4.84. The van der Waals surface area contributed by atoms with E-state index in [4.69, 9.17) is 16.3 Å². The second kappa shape index (κ2) is 5.63. The Bertz CT molecular complexity index is 444. The molecule has 1 saturated heterocycles. The monoisotopic (exact) mass is 281 g/mol. The number of anilines is 1. The van der Waals surface area contributed by atoms with Crippen molar-refractivity contribution in [3.63, 3.8) is 0 Å². The van der Waals surface area contributed by atoms with Crippen LogP contribution < -0.4 is 4.90 Å². The smallest absolute Gasteiger partial charge is 0.135 e. The molecule has 1 saturated carbocycles. The van der Waals surface area contributed by atoms with Crippen LogP contribution >= 0.6 is 11.6 Å². The zero-order chi connectivity index (χ0) is 13.2. The molecule has 1 aromatic heterocycles. The number of hydrogen-bond donors (Lipinski definition) is 0. The summed E-state index contributed by atoms with van der Waals surface area (Å²) in [5.74, 6) is 2.38. The largest absolute Gasteiger partial charge is 0.376 e. The van der Waals surface area contributed by atoms with Crippen molar-refractivity contribution in [1.82, 2.24) is 9.97 Å². The highest BCUT2D eigenvalue weighted by atomic mass is 35.5. The van der Waals surface area contributed by atoms with Crippen LogP contribution in [0.1, 0.15) is 44.3 Å². The summed E-state index contributed by atoms with van der Waals surface area (Å²) in [5, 5.41) is 0.553. The van der Waals surface area contributed by atoms with E-state index >= 15 is 0 Å². The Morgan fingerprint density at radius 3 is 2.84 bits per heavy atom. The molecule has 4 nitrogen and oxygen atoms in total. The highest BCUT2D eigenvalue weighted by Crippen LogP contribution is 2.39. The van der Waals surface area contributed by atoms with Gasteiger partial charge in [-0.2, -0.15) is 0 Å². The van der Waals surface area contributed by atoms with Gasteiger partial charge in [-0.1, -0.05) is 11.6 Å². The first-order valence-electron chi connectivity index (χ1n) is 7.17. The van der Waals surface area contributed by atoms with Gasteiger partial charge < -0.3 is 9.64 Å². The number of nitrogens with zero attached hydrogens (tertiary/aromatic N) is 3. The molecule has 1 aliphatic carbocycles. The molecule has 104 valence electrons. The van der Waals surface area contributed by atoms with Crippen molar-refractivity contribution in [1.29, 1.82) is 0 Å². The Balaban J connectivity index is 1.77. The number of aromatic nitrogens is 2. The molecule has 0 N–H and O–H groups in total. The first-order chi connectivity index (χ1) is 9.26. The normalized spacial score (nSPS) is 22.7. The van der Waals surface area contributed by atoms with Crippen molar-refractivity contribution in [2.75, 3.05) is 24.6 Å². The predicted molar refractivity (Wildman–Crippen MR) is 75.9 cm³/mol. The van der Waals surface area contributed by atoms with E-state index in [2.05, 4.69) is 21.8 Å². The molecule has 0 amide bonds. The van der Waals surface area contributed by atoms with Crippen molar-refractivity contribution in [2.45, 2.75) is 44.6 Å². The average Bonchev–Trinajstić information content (AvgIpc) is 3.13. The van der Waals surface area contributed by atoms with Gasteiger partial charge in [0, 0.05) is 31.7 Å². The number of ether oxygens (including phenoxy) is 1. The van der Waals surface area contributed by atoms with Crippen LogP contribution in [-0.4, -0.2) is 35.8 Å².